The molecule has 0 atom stereocenters. The normalized spacial score (nSPS) is 18.8. The SMILES string of the molecule is O=C(O)CN1C(=O)C(=C2SC(=S)N(c3ccccc3F)C2=O)c2ccccc21. The zero-order chi connectivity index (χ0) is 20.0. The molecule has 2 aromatic rings. The van der Waals surface area contributed by atoms with Crippen molar-refractivity contribution < 1.29 is 23.9 Å². The zero-order valence-electron chi connectivity index (χ0n) is 14.1. The predicted octanol–water partition coefficient (Wildman–Crippen LogP) is 3.03. The molecule has 0 unspecified atom stereocenters. The van der Waals surface area contributed by atoms with Gasteiger partial charge in [-0.05, 0) is 18.2 Å². The quantitative estimate of drug-likeness (QED) is 0.615. The standard InChI is InChI=1S/C19H11FN2O4S2/c20-11-6-2-4-8-13(11)22-18(26)16(28-19(22)27)15-10-5-1-3-7-12(10)21(17(15)25)9-14(23)24/h1-8H,9H2,(H,23,24). The summed E-state index contributed by atoms with van der Waals surface area (Å²) >= 11 is 6.15. The molecule has 0 saturated carbocycles. The van der Waals surface area contributed by atoms with E-state index >= 15 is 0 Å². The first-order valence-electron chi connectivity index (χ1n) is 8.08. The van der Waals surface area contributed by atoms with E-state index in [9.17, 15) is 18.8 Å². The van der Waals surface area contributed by atoms with Gasteiger partial charge in [0.15, 0.2) is 4.32 Å². The molecule has 28 heavy (non-hydrogen) atoms. The first-order chi connectivity index (χ1) is 13.4. The van der Waals surface area contributed by atoms with Gasteiger partial charge in [-0.15, -0.1) is 0 Å². The number of halogens is 1. The minimum absolute atomic E-state index is 0.00160. The third kappa shape index (κ3) is 2.79. The Kier molecular flexibility index (Phi) is 4.48. The largest absolute Gasteiger partial charge is 0.480 e. The summed E-state index contributed by atoms with van der Waals surface area (Å²) in [6, 6.07) is 12.3. The summed E-state index contributed by atoms with van der Waals surface area (Å²) in [5.41, 5.74) is 0.929. The van der Waals surface area contributed by atoms with Crippen LogP contribution in [-0.2, 0) is 14.4 Å². The summed E-state index contributed by atoms with van der Waals surface area (Å²) in [4.78, 5) is 39.4. The smallest absolute Gasteiger partial charge is 0.323 e. The van der Waals surface area contributed by atoms with Crippen molar-refractivity contribution in [2.45, 2.75) is 0 Å². The number of fused-ring (bicyclic) bond motifs is 1. The number of aliphatic carboxylic acids is 1. The van der Waals surface area contributed by atoms with Gasteiger partial charge in [0.2, 0.25) is 0 Å². The summed E-state index contributed by atoms with van der Waals surface area (Å²) in [6.45, 7) is -0.535. The van der Waals surface area contributed by atoms with E-state index in [1.807, 2.05) is 0 Å². The number of carbonyl (C=O) groups is 3. The van der Waals surface area contributed by atoms with E-state index in [1.54, 1.807) is 30.3 Å². The number of nitrogens with zero attached hydrogens (tertiary/aromatic N) is 2. The van der Waals surface area contributed by atoms with Crippen molar-refractivity contribution in [3.63, 3.8) is 0 Å². The first kappa shape index (κ1) is 18.3. The number of thiocarbonyl (C=S) groups is 1. The second-order valence-corrected chi connectivity index (χ2v) is 7.61. The fourth-order valence-corrected chi connectivity index (χ4v) is 4.51. The lowest BCUT2D eigenvalue weighted by Gasteiger charge is -2.15. The van der Waals surface area contributed by atoms with Crippen LogP contribution < -0.4 is 9.80 Å². The van der Waals surface area contributed by atoms with E-state index in [0.29, 0.717) is 11.3 Å². The van der Waals surface area contributed by atoms with Gasteiger partial charge in [-0.3, -0.25) is 24.2 Å². The second kappa shape index (κ2) is 6.84. The molecule has 9 heteroatoms. The van der Waals surface area contributed by atoms with Gasteiger partial charge >= 0.3 is 5.97 Å². The van der Waals surface area contributed by atoms with Gasteiger partial charge in [-0.25, -0.2) is 4.39 Å². The maximum Gasteiger partial charge on any atom is 0.323 e. The Labute approximate surface area is 168 Å². The van der Waals surface area contributed by atoms with Crippen molar-refractivity contribution in [3.8, 4) is 0 Å². The number of carbonyl (C=O) groups excluding carboxylic acids is 2. The molecule has 4 rings (SSSR count). The van der Waals surface area contributed by atoms with Crippen LogP contribution in [0.4, 0.5) is 15.8 Å². The van der Waals surface area contributed by atoms with Crippen molar-refractivity contribution in [2.24, 2.45) is 0 Å². The van der Waals surface area contributed by atoms with Crippen LogP contribution in [0.3, 0.4) is 0 Å². The van der Waals surface area contributed by atoms with Gasteiger partial charge in [0.05, 0.1) is 21.9 Å². The Morgan fingerprint density at radius 2 is 1.68 bits per heavy atom. The van der Waals surface area contributed by atoms with Crippen LogP contribution in [0.5, 0.6) is 0 Å². The second-order valence-electron chi connectivity index (χ2n) is 5.97. The molecule has 1 fully saturated rings. The highest BCUT2D eigenvalue weighted by Crippen LogP contribution is 2.45. The Morgan fingerprint density at radius 3 is 2.36 bits per heavy atom. The molecule has 1 N–H and O–H groups in total. The van der Waals surface area contributed by atoms with Crippen LogP contribution in [-0.4, -0.2) is 33.8 Å². The van der Waals surface area contributed by atoms with E-state index in [4.69, 9.17) is 17.3 Å². The lowest BCUT2D eigenvalue weighted by atomic mass is 10.1. The molecule has 2 heterocycles. The number of para-hydroxylation sites is 2. The van der Waals surface area contributed by atoms with Crippen molar-refractivity contribution in [1.29, 1.82) is 0 Å². The molecule has 0 aromatic heterocycles. The van der Waals surface area contributed by atoms with Gasteiger partial charge in [0.1, 0.15) is 12.4 Å². The van der Waals surface area contributed by atoms with Crippen molar-refractivity contribution in [1.82, 2.24) is 0 Å². The number of amides is 2. The number of carboxylic acids is 1. The first-order valence-corrected chi connectivity index (χ1v) is 9.30. The van der Waals surface area contributed by atoms with Crippen LogP contribution in [0, 0.1) is 5.82 Å². The highest BCUT2D eigenvalue weighted by Gasteiger charge is 2.43. The fraction of sp³-hybridized carbons (Fsp3) is 0.0526. The number of rotatable bonds is 3. The number of benzene rings is 2. The Hall–Kier alpha value is -3.04. The highest BCUT2D eigenvalue weighted by atomic mass is 32.2. The fourth-order valence-electron chi connectivity index (χ4n) is 3.15. The molecule has 6 nitrogen and oxygen atoms in total. The van der Waals surface area contributed by atoms with Gasteiger partial charge < -0.3 is 5.11 Å². The molecule has 2 aromatic carbocycles. The number of hydrogen-bond donors (Lipinski definition) is 1. The molecule has 2 aliphatic rings. The van der Waals surface area contributed by atoms with Crippen molar-refractivity contribution in [3.05, 3.63) is 64.8 Å². The molecule has 0 bridgehead atoms. The summed E-state index contributed by atoms with van der Waals surface area (Å²) in [5.74, 6) is -3.01. The number of thioether (sulfide) groups is 1. The van der Waals surface area contributed by atoms with Gasteiger partial charge in [-0.1, -0.05) is 54.3 Å². The molecule has 0 aliphatic carbocycles. The summed E-state index contributed by atoms with van der Waals surface area (Å²) in [6.07, 6.45) is 0. The average molecular weight is 414 g/mol. The third-order valence-electron chi connectivity index (χ3n) is 4.31. The highest BCUT2D eigenvalue weighted by molar-refractivity contribution is 8.27. The Bertz CT molecular complexity index is 1100. The van der Waals surface area contributed by atoms with Crippen LogP contribution in [0.1, 0.15) is 5.56 Å². The third-order valence-corrected chi connectivity index (χ3v) is 5.68. The summed E-state index contributed by atoms with van der Waals surface area (Å²) < 4.78 is 14.3. The molecule has 140 valence electrons. The van der Waals surface area contributed by atoms with Crippen LogP contribution in [0.2, 0.25) is 0 Å². The van der Waals surface area contributed by atoms with Gasteiger partial charge in [0, 0.05) is 5.56 Å². The Morgan fingerprint density at radius 1 is 1.04 bits per heavy atom. The number of hydrogen-bond acceptors (Lipinski definition) is 5. The monoisotopic (exact) mass is 414 g/mol. The molecule has 0 radical (unpaired) electrons. The minimum Gasteiger partial charge on any atom is -0.480 e. The van der Waals surface area contributed by atoms with E-state index in [0.717, 1.165) is 21.6 Å². The van der Waals surface area contributed by atoms with E-state index in [-0.39, 0.29) is 20.5 Å². The van der Waals surface area contributed by atoms with Crippen LogP contribution in [0.25, 0.3) is 5.57 Å². The lowest BCUT2D eigenvalue weighted by Crippen LogP contribution is -2.33. The minimum atomic E-state index is -1.18. The van der Waals surface area contributed by atoms with E-state index in [2.05, 4.69) is 0 Å². The average Bonchev–Trinajstić information content (AvgIpc) is 3.09. The van der Waals surface area contributed by atoms with Crippen molar-refractivity contribution in [2.75, 3.05) is 16.3 Å². The number of anilines is 2. The van der Waals surface area contributed by atoms with Gasteiger partial charge in [-0.2, -0.15) is 0 Å². The maximum absolute atomic E-state index is 14.2. The molecular weight excluding hydrogens is 403 g/mol. The van der Waals surface area contributed by atoms with E-state index < -0.39 is 30.1 Å². The van der Waals surface area contributed by atoms with Crippen LogP contribution in [0.15, 0.2) is 53.4 Å². The predicted molar refractivity (Wildman–Crippen MR) is 107 cm³/mol. The topological polar surface area (TPSA) is 77.9 Å². The molecule has 2 aliphatic heterocycles. The summed E-state index contributed by atoms with van der Waals surface area (Å²) in [7, 11) is 0. The molecular formula is C19H11FN2O4S2. The summed E-state index contributed by atoms with van der Waals surface area (Å²) in [5, 5.41) is 9.13. The zero-order valence-corrected chi connectivity index (χ0v) is 15.7. The molecule has 2 amide bonds. The lowest BCUT2D eigenvalue weighted by molar-refractivity contribution is -0.136. The van der Waals surface area contributed by atoms with Gasteiger partial charge in [0.25, 0.3) is 11.8 Å². The maximum atomic E-state index is 14.2. The Balaban J connectivity index is 1.85. The van der Waals surface area contributed by atoms with E-state index in [1.165, 1.54) is 18.2 Å². The van der Waals surface area contributed by atoms with Crippen molar-refractivity contribution >= 4 is 63.0 Å². The van der Waals surface area contributed by atoms with Crippen LogP contribution >= 0.6 is 24.0 Å². The molecule has 0 spiro atoms. The molecule has 1 saturated heterocycles. The number of carboxylic acid groups (broad SMARTS) is 1.